The van der Waals surface area contributed by atoms with E-state index in [2.05, 4.69) is 0 Å². The lowest BCUT2D eigenvalue weighted by Gasteiger charge is -2.34. The van der Waals surface area contributed by atoms with Gasteiger partial charge in [0.25, 0.3) is 11.8 Å². The van der Waals surface area contributed by atoms with Crippen molar-refractivity contribution in [1.29, 1.82) is 0 Å². The molecule has 0 radical (unpaired) electrons. The Morgan fingerprint density at radius 3 is 1.43 bits per heavy atom. The molecule has 1 aromatic rings. The second kappa shape index (κ2) is 12.7. The van der Waals surface area contributed by atoms with E-state index in [0.717, 1.165) is 22.6 Å². The van der Waals surface area contributed by atoms with E-state index in [9.17, 15) is 28.8 Å². The van der Waals surface area contributed by atoms with E-state index in [1.807, 2.05) is 9.80 Å². The standard InChI is InChI=1S/C30H38N4O8/c1-3-41-29(39)19-7-5-13-31(17-19)23-15-25(35)33(27(23)37)21-9-11-22(12-10-21)34-26(36)16-24(28(34)38)32-14-6-8-20(18-32)30(40)42-4-2/h9-12,19-20,23-24H,3-8,13-18H2,1-2H3/t19-,20-,23-,24+/m1/s1. The van der Waals surface area contributed by atoms with Gasteiger partial charge in [0.1, 0.15) is 0 Å². The fourth-order valence-corrected chi connectivity index (χ4v) is 6.58. The van der Waals surface area contributed by atoms with Gasteiger partial charge in [-0.15, -0.1) is 0 Å². The van der Waals surface area contributed by atoms with Gasteiger partial charge in [0, 0.05) is 13.1 Å². The third-order valence-electron chi connectivity index (χ3n) is 8.64. The highest BCUT2D eigenvalue weighted by Crippen LogP contribution is 2.33. The highest BCUT2D eigenvalue weighted by Gasteiger charge is 2.46. The summed E-state index contributed by atoms with van der Waals surface area (Å²) in [5.41, 5.74) is 0.721. The summed E-state index contributed by atoms with van der Waals surface area (Å²) in [6.45, 7) is 6.07. The van der Waals surface area contributed by atoms with E-state index < -0.39 is 12.1 Å². The molecule has 226 valence electrons. The molecule has 0 aromatic heterocycles. The predicted molar refractivity (Wildman–Crippen MR) is 150 cm³/mol. The molecule has 4 saturated heterocycles. The monoisotopic (exact) mass is 582 g/mol. The third kappa shape index (κ3) is 5.82. The molecule has 42 heavy (non-hydrogen) atoms. The van der Waals surface area contributed by atoms with Crippen LogP contribution in [-0.2, 0) is 38.2 Å². The summed E-state index contributed by atoms with van der Waals surface area (Å²) in [6.07, 6.45) is 2.88. The topological polar surface area (TPSA) is 134 Å². The van der Waals surface area contributed by atoms with Crippen LogP contribution in [0.3, 0.4) is 0 Å². The number of amides is 4. The van der Waals surface area contributed by atoms with Crippen LogP contribution in [0.15, 0.2) is 24.3 Å². The van der Waals surface area contributed by atoms with Gasteiger partial charge >= 0.3 is 11.9 Å². The second-order valence-electron chi connectivity index (χ2n) is 11.3. The van der Waals surface area contributed by atoms with Gasteiger partial charge in [0.15, 0.2) is 0 Å². The van der Waals surface area contributed by atoms with Crippen molar-refractivity contribution < 1.29 is 38.2 Å². The molecule has 0 N–H and O–H groups in total. The first-order valence-electron chi connectivity index (χ1n) is 14.9. The van der Waals surface area contributed by atoms with Gasteiger partial charge in [-0.1, -0.05) is 0 Å². The number of hydrogen-bond acceptors (Lipinski definition) is 10. The quantitative estimate of drug-likeness (QED) is 0.328. The molecule has 4 atom stereocenters. The molecule has 0 saturated carbocycles. The molecule has 12 heteroatoms. The van der Waals surface area contributed by atoms with Crippen LogP contribution in [-0.4, -0.2) is 96.8 Å². The lowest BCUT2D eigenvalue weighted by Crippen LogP contribution is -2.48. The maximum absolute atomic E-state index is 13.4. The minimum absolute atomic E-state index is 0.0174. The fourth-order valence-electron chi connectivity index (χ4n) is 6.58. The minimum Gasteiger partial charge on any atom is -0.466 e. The van der Waals surface area contributed by atoms with Crippen molar-refractivity contribution in [2.45, 2.75) is 64.5 Å². The molecule has 12 nitrogen and oxygen atoms in total. The average Bonchev–Trinajstić information content (AvgIpc) is 3.46. The number of hydrogen-bond donors (Lipinski definition) is 0. The Labute approximate surface area is 244 Å². The smallest absolute Gasteiger partial charge is 0.310 e. The lowest BCUT2D eigenvalue weighted by molar-refractivity contribution is -0.151. The zero-order chi connectivity index (χ0) is 30.0. The van der Waals surface area contributed by atoms with E-state index in [1.54, 1.807) is 38.1 Å². The highest BCUT2D eigenvalue weighted by atomic mass is 16.5. The van der Waals surface area contributed by atoms with Crippen LogP contribution in [0.2, 0.25) is 0 Å². The van der Waals surface area contributed by atoms with Gasteiger partial charge in [0.2, 0.25) is 11.8 Å². The minimum atomic E-state index is -0.653. The van der Waals surface area contributed by atoms with Gasteiger partial charge in [-0.3, -0.25) is 38.6 Å². The van der Waals surface area contributed by atoms with E-state index in [-0.39, 0.29) is 60.2 Å². The predicted octanol–water partition coefficient (Wildman–Crippen LogP) is 1.50. The fraction of sp³-hybridized carbons (Fsp3) is 0.600. The normalized spacial score (nSPS) is 27.6. The Morgan fingerprint density at radius 2 is 1.07 bits per heavy atom. The SMILES string of the molecule is CCOC(=O)[C@@H]1CCCN([C@@H]2CC(=O)N(c3ccc(N4C(=O)C[C@H](N5CCC[C@@H](C(=O)OCC)C5)C4=O)cc3)C2=O)C1. The van der Waals surface area contributed by atoms with Crippen molar-refractivity contribution in [1.82, 2.24) is 9.80 Å². The first kappa shape index (κ1) is 29.8. The summed E-state index contributed by atoms with van der Waals surface area (Å²) in [4.78, 5) is 83.3. The second-order valence-corrected chi connectivity index (χ2v) is 11.3. The molecule has 0 unspecified atom stereocenters. The molecule has 4 aliphatic rings. The average molecular weight is 583 g/mol. The number of carbonyl (C=O) groups excluding carboxylic acids is 6. The Kier molecular flexibility index (Phi) is 9.02. The molecular weight excluding hydrogens is 544 g/mol. The van der Waals surface area contributed by atoms with Crippen LogP contribution in [0, 0.1) is 11.8 Å². The van der Waals surface area contributed by atoms with Crippen LogP contribution in [0.4, 0.5) is 11.4 Å². The lowest BCUT2D eigenvalue weighted by atomic mass is 9.96. The van der Waals surface area contributed by atoms with Crippen LogP contribution in [0.1, 0.15) is 52.4 Å². The number of piperidine rings is 2. The largest absolute Gasteiger partial charge is 0.466 e. The van der Waals surface area contributed by atoms with Crippen molar-refractivity contribution in [3.8, 4) is 0 Å². The number of rotatable bonds is 8. The molecule has 0 aliphatic carbocycles. The van der Waals surface area contributed by atoms with E-state index in [1.165, 1.54) is 0 Å². The molecule has 0 bridgehead atoms. The Hall–Kier alpha value is -3.64. The molecule has 1 aromatic carbocycles. The van der Waals surface area contributed by atoms with Crippen LogP contribution in [0.25, 0.3) is 0 Å². The highest BCUT2D eigenvalue weighted by molar-refractivity contribution is 6.24. The van der Waals surface area contributed by atoms with Crippen molar-refractivity contribution in [2.24, 2.45) is 11.8 Å². The first-order valence-corrected chi connectivity index (χ1v) is 14.9. The maximum atomic E-state index is 13.4. The van der Waals surface area contributed by atoms with Gasteiger partial charge in [-0.05, 0) is 76.9 Å². The van der Waals surface area contributed by atoms with E-state index in [4.69, 9.17) is 9.47 Å². The number of likely N-dealkylation sites (tertiary alicyclic amines) is 2. The maximum Gasteiger partial charge on any atom is 0.310 e. The molecule has 4 aliphatic heterocycles. The third-order valence-corrected chi connectivity index (χ3v) is 8.64. The van der Waals surface area contributed by atoms with Crippen LogP contribution in [0.5, 0.6) is 0 Å². The van der Waals surface area contributed by atoms with Crippen molar-refractivity contribution in [2.75, 3.05) is 49.2 Å². The Bertz CT molecular complexity index is 1160. The molecule has 4 amide bonds. The molecule has 4 fully saturated rings. The zero-order valence-corrected chi connectivity index (χ0v) is 24.2. The number of nitrogens with zero attached hydrogens (tertiary/aromatic N) is 4. The Morgan fingerprint density at radius 1 is 0.690 bits per heavy atom. The summed E-state index contributed by atoms with van der Waals surface area (Å²) in [5, 5.41) is 0. The van der Waals surface area contributed by atoms with Crippen molar-refractivity contribution in [3.63, 3.8) is 0 Å². The first-order chi connectivity index (χ1) is 20.2. The summed E-state index contributed by atoms with van der Waals surface area (Å²) in [7, 11) is 0. The van der Waals surface area contributed by atoms with Crippen molar-refractivity contribution >= 4 is 46.9 Å². The Balaban J connectivity index is 1.25. The molecular formula is C30H38N4O8. The van der Waals surface area contributed by atoms with Crippen molar-refractivity contribution in [3.05, 3.63) is 24.3 Å². The summed E-state index contributed by atoms with van der Waals surface area (Å²) in [6, 6.07) is 4.96. The number of ether oxygens (including phenoxy) is 2. The number of esters is 2. The summed E-state index contributed by atoms with van der Waals surface area (Å²) < 4.78 is 10.3. The summed E-state index contributed by atoms with van der Waals surface area (Å²) in [5.74, 6) is -2.60. The molecule has 5 rings (SSSR count). The van der Waals surface area contributed by atoms with Crippen LogP contribution >= 0.6 is 0 Å². The van der Waals surface area contributed by atoms with Gasteiger partial charge < -0.3 is 9.47 Å². The van der Waals surface area contributed by atoms with E-state index >= 15 is 0 Å². The number of benzene rings is 1. The van der Waals surface area contributed by atoms with Gasteiger partial charge in [-0.25, -0.2) is 9.80 Å². The number of imide groups is 2. The van der Waals surface area contributed by atoms with Crippen LogP contribution < -0.4 is 9.80 Å². The van der Waals surface area contributed by atoms with E-state index in [0.29, 0.717) is 63.6 Å². The number of anilines is 2. The summed E-state index contributed by atoms with van der Waals surface area (Å²) >= 11 is 0. The molecule has 0 spiro atoms. The van der Waals surface area contributed by atoms with Gasteiger partial charge in [-0.2, -0.15) is 0 Å². The number of carbonyl (C=O) groups is 6. The van der Waals surface area contributed by atoms with Gasteiger partial charge in [0.05, 0.1) is 61.3 Å². The zero-order valence-electron chi connectivity index (χ0n) is 24.2. The molecule has 4 heterocycles.